The van der Waals surface area contributed by atoms with Crippen molar-refractivity contribution < 1.29 is 27.8 Å². The average molecular weight is 305 g/mol. The van der Waals surface area contributed by atoms with Crippen LogP contribution in [0.4, 0.5) is 19.0 Å². The van der Waals surface area contributed by atoms with E-state index in [4.69, 9.17) is 15.6 Å². The first-order valence-electron chi connectivity index (χ1n) is 6.18. The lowest BCUT2D eigenvalue weighted by molar-refractivity contribution is -0.141. The number of halogens is 3. The van der Waals surface area contributed by atoms with Crippen LogP contribution in [0.3, 0.4) is 0 Å². The number of morpholine rings is 1. The Morgan fingerprint density at radius 2 is 2.24 bits per heavy atom. The number of ether oxygens (including phenoxy) is 1. The van der Waals surface area contributed by atoms with Crippen LogP contribution >= 0.6 is 0 Å². The largest absolute Gasteiger partial charge is 0.433 e. The van der Waals surface area contributed by atoms with Crippen LogP contribution in [0.15, 0.2) is 12.1 Å². The van der Waals surface area contributed by atoms with Gasteiger partial charge in [0.15, 0.2) is 0 Å². The van der Waals surface area contributed by atoms with Crippen molar-refractivity contribution in [2.75, 3.05) is 31.2 Å². The summed E-state index contributed by atoms with van der Waals surface area (Å²) in [5.41, 5.74) is 3.98. The van der Waals surface area contributed by atoms with Gasteiger partial charge in [-0.05, 0) is 12.1 Å². The highest BCUT2D eigenvalue weighted by Gasteiger charge is 2.34. The van der Waals surface area contributed by atoms with E-state index in [1.165, 1.54) is 4.90 Å². The quantitative estimate of drug-likeness (QED) is 0.843. The molecule has 0 aromatic carbocycles. The molecule has 0 bridgehead atoms. The van der Waals surface area contributed by atoms with Crippen LogP contribution in [0, 0.1) is 0 Å². The molecular formula is C12H14F3N3O3. The third-order valence-electron chi connectivity index (χ3n) is 3.07. The number of carbonyl (C=O) groups is 1. The molecule has 1 atom stereocenters. The molecule has 1 saturated heterocycles. The Morgan fingerprint density at radius 1 is 1.52 bits per heavy atom. The maximum Gasteiger partial charge on any atom is 0.433 e. The summed E-state index contributed by atoms with van der Waals surface area (Å²) in [5, 5.41) is 9.07. The predicted molar refractivity (Wildman–Crippen MR) is 66.8 cm³/mol. The van der Waals surface area contributed by atoms with Gasteiger partial charge in [0.25, 0.3) is 5.91 Å². The summed E-state index contributed by atoms with van der Waals surface area (Å²) in [6.45, 7) is 0.318. The fourth-order valence-electron chi connectivity index (χ4n) is 2.06. The topological polar surface area (TPSA) is 88.7 Å². The number of hydrogen-bond acceptors (Lipinski definition) is 5. The number of aliphatic hydroxyl groups is 1. The standard InChI is InChI=1S/C12H14F3N3O3/c13-12(14,15)9-2-1-8(10(16)20)11(17-9)18-3-4-21-7(5-18)6-19/h1-2,7,19H,3-6H2,(H2,16,20). The van der Waals surface area contributed by atoms with E-state index in [0.29, 0.717) is 6.07 Å². The Bertz CT molecular complexity index is 536. The van der Waals surface area contributed by atoms with Crippen molar-refractivity contribution in [2.45, 2.75) is 12.3 Å². The van der Waals surface area contributed by atoms with E-state index in [2.05, 4.69) is 4.98 Å². The molecule has 1 aliphatic rings. The highest BCUT2D eigenvalue weighted by Crippen LogP contribution is 2.31. The third-order valence-corrected chi connectivity index (χ3v) is 3.07. The van der Waals surface area contributed by atoms with Crippen LogP contribution in [0.5, 0.6) is 0 Å². The minimum atomic E-state index is -4.62. The SMILES string of the molecule is NC(=O)c1ccc(C(F)(F)F)nc1N1CCOC(CO)C1. The Morgan fingerprint density at radius 3 is 2.81 bits per heavy atom. The highest BCUT2D eigenvalue weighted by molar-refractivity contribution is 5.97. The molecule has 6 nitrogen and oxygen atoms in total. The molecule has 1 aromatic heterocycles. The molecule has 0 radical (unpaired) electrons. The number of nitrogens with two attached hydrogens (primary N) is 1. The number of amides is 1. The van der Waals surface area contributed by atoms with E-state index in [1.54, 1.807) is 0 Å². The molecule has 1 amide bonds. The summed E-state index contributed by atoms with van der Waals surface area (Å²) in [6, 6.07) is 1.73. The number of carbonyl (C=O) groups excluding carboxylic acids is 1. The van der Waals surface area contributed by atoms with Gasteiger partial charge in [0.2, 0.25) is 0 Å². The van der Waals surface area contributed by atoms with Gasteiger partial charge in [-0.1, -0.05) is 0 Å². The number of hydrogen-bond donors (Lipinski definition) is 2. The number of anilines is 1. The first-order valence-corrected chi connectivity index (χ1v) is 6.18. The lowest BCUT2D eigenvalue weighted by atomic mass is 10.1. The third kappa shape index (κ3) is 3.42. The van der Waals surface area contributed by atoms with E-state index in [9.17, 15) is 18.0 Å². The molecule has 0 saturated carbocycles. The zero-order chi connectivity index (χ0) is 15.6. The second-order valence-electron chi connectivity index (χ2n) is 4.55. The van der Waals surface area contributed by atoms with Gasteiger partial charge >= 0.3 is 6.18 Å². The summed E-state index contributed by atoms with van der Waals surface area (Å²) >= 11 is 0. The van der Waals surface area contributed by atoms with Gasteiger partial charge in [0.05, 0.1) is 24.9 Å². The van der Waals surface area contributed by atoms with Gasteiger partial charge < -0.3 is 20.5 Å². The lowest BCUT2D eigenvalue weighted by Crippen LogP contribution is -2.45. The molecule has 116 valence electrons. The smallest absolute Gasteiger partial charge is 0.394 e. The van der Waals surface area contributed by atoms with Crippen molar-refractivity contribution in [1.82, 2.24) is 4.98 Å². The number of nitrogens with zero attached hydrogens (tertiary/aromatic N) is 2. The van der Waals surface area contributed by atoms with Crippen LogP contribution < -0.4 is 10.6 Å². The number of rotatable bonds is 3. The minimum absolute atomic E-state index is 0.0958. The first kappa shape index (κ1) is 15.5. The van der Waals surface area contributed by atoms with Gasteiger partial charge in [-0.3, -0.25) is 4.79 Å². The average Bonchev–Trinajstić information content (AvgIpc) is 2.45. The van der Waals surface area contributed by atoms with E-state index >= 15 is 0 Å². The fraction of sp³-hybridized carbons (Fsp3) is 0.500. The first-order chi connectivity index (χ1) is 9.82. The van der Waals surface area contributed by atoms with E-state index in [0.717, 1.165) is 6.07 Å². The van der Waals surface area contributed by atoms with Crippen molar-refractivity contribution in [2.24, 2.45) is 5.73 Å². The van der Waals surface area contributed by atoms with Crippen LogP contribution in [0.1, 0.15) is 16.1 Å². The molecule has 1 unspecified atom stereocenters. The summed E-state index contributed by atoms with van der Waals surface area (Å²) < 4.78 is 43.5. The molecule has 0 aliphatic carbocycles. The monoisotopic (exact) mass is 305 g/mol. The van der Waals surface area contributed by atoms with Gasteiger partial charge in [0.1, 0.15) is 11.5 Å². The van der Waals surface area contributed by atoms with Crippen LogP contribution in [0.2, 0.25) is 0 Å². The Balaban J connectivity index is 2.41. The zero-order valence-electron chi connectivity index (χ0n) is 10.9. The molecule has 3 N–H and O–H groups in total. The van der Waals surface area contributed by atoms with Crippen molar-refractivity contribution in [3.63, 3.8) is 0 Å². The second-order valence-corrected chi connectivity index (χ2v) is 4.55. The van der Waals surface area contributed by atoms with Gasteiger partial charge in [-0.25, -0.2) is 4.98 Å². The molecule has 2 rings (SSSR count). The van der Waals surface area contributed by atoms with Gasteiger partial charge in [0, 0.05) is 13.1 Å². The summed E-state index contributed by atoms with van der Waals surface area (Å²) in [4.78, 5) is 16.3. The molecule has 1 aliphatic heterocycles. The zero-order valence-corrected chi connectivity index (χ0v) is 10.9. The molecular weight excluding hydrogens is 291 g/mol. The maximum atomic E-state index is 12.7. The molecule has 0 spiro atoms. The second kappa shape index (κ2) is 5.86. The van der Waals surface area contributed by atoms with Crippen LogP contribution in [-0.2, 0) is 10.9 Å². The molecule has 21 heavy (non-hydrogen) atoms. The van der Waals surface area contributed by atoms with E-state index in [1.807, 2.05) is 0 Å². The Hall–Kier alpha value is -1.87. The highest BCUT2D eigenvalue weighted by atomic mass is 19.4. The van der Waals surface area contributed by atoms with Gasteiger partial charge in [-0.2, -0.15) is 13.2 Å². The van der Waals surface area contributed by atoms with Crippen molar-refractivity contribution in [3.05, 3.63) is 23.4 Å². The number of pyridine rings is 1. The summed E-state index contributed by atoms with van der Waals surface area (Å²) in [5.74, 6) is -1.00. The molecule has 2 heterocycles. The number of alkyl halides is 3. The van der Waals surface area contributed by atoms with Crippen LogP contribution in [-0.4, -0.2) is 48.4 Å². The van der Waals surface area contributed by atoms with E-state index in [-0.39, 0.29) is 37.7 Å². The maximum absolute atomic E-state index is 12.7. The number of primary amides is 1. The lowest BCUT2D eigenvalue weighted by Gasteiger charge is -2.33. The number of aliphatic hydroxyl groups excluding tert-OH is 1. The van der Waals surface area contributed by atoms with Crippen molar-refractivity contribution in [3.8, 4) is 0 Å². The predicted octanol–water partition coefficient (Wildman–Crippen LogP) is 0.397. The van der Waals surface area contributed by atoms with E-state index < -0.39 is 23.9 Å². The van der Waals surface area contributed by atoms with Crippen molar-refractivity contribution in [1.29, 1.82) is 0 Å². The Labute approximate surface area is 118 Å². The molecule has 1 aromatic rings. The molecule has 9 heteroatoms. The fourth-order valence-corrected chi connectivity index (χ4v) is 2.06. The summed E-state index contributed by atoms with van der Waals surface area (Å²) in [7, 11) is 0. The molecule has 1 fully saturated rings. The Kier molecular flexibility index (Phi) is 4.33. The van der Waals surface area contributed by atoms with Crippen LogP contribution in [0.25, 0.3) is 0 Å². The summed E-state index contributed by atoms with van der Waals surface area (Å²) in [6.07, 6.45) is -5.16. The number of aromatic nitrogens is 1. The van der Waals surface area contributed by atoms with Crippen molar-refractivity contribution >= 4 is 11.7 Å². The normalized spacial score (nSPS) is 19.6. The minimum Gasteiger partial charge on any atom is -0.394 e. The van der Waals surface area contributed by atoms with Gasteiger partial charge in [-0.15, -0.1) is 0 Å².